The molecule has 4 N–H and O–H groups in total. The van der Waals surface area contributed by atoms with Crippen LogP contribution in [0.25, 0.3) is 0 Å². The Morgan fingerprint density at radius 3 is 2.44 bits per heavy atom. The van der Waals surface area contributed by atoms with E-state index < -0.39 is 21.0 Å². The maximum absolute atomic E-state index is 12.7. The number of amides is 1. The average Bonchev–Trinajstić information content (AvgIpc) is 2.53. The van der Waals surface area contributed by atoms with Gasteiger partial charge in [-0.15, -0.1) is 0 Å². The molecule has 0 bridgehead atoms. The summed E-state index contributed by atoms with van der Waals surface area (Å²) in [5.74, 6) is -0.983. The van der Waals surface area contributed by atoms with Gasteiger partial charge in [0, 0.05) is 6.07 Å². The van der Waals surface area contributed by atoms with Gasteiger partial charge in [0.05, 0.1) is 21.3 Å². The lowest BCUT2D eigenvalue weighted by atomic mass is 10.2. The molecule has 0 heterocycles. The van der Waals surface area contributed by atoms with Gasteiger partial charge >= 0.3 is 0 Å². The number of sulfone groups is 1. The van der Waals surface area contributed by atoms with E-state index in [4.69, 9.17) is 17.3 Å². The van der Waals surface area contributed by atoms with E-state index in [1.54, 1.807) is 19.1 Å². The zero-order valence-corrected chi connectivity index (χ0v) is 15.4. The van der Waals surface area contributed by atoms with Gasteiger partial charge in [-0.25, -0.2) is 8.42 Å². The highest BCUT2D eigenvalue weighted by Crippen LogP contribution is 2.32. The van der Waals surface area contributed by atoms with Crippen molar-refractivity contribution in [2.75, 3.05) is 11.1 Å². The third-order valence-corrected chi connectivity index (χ3v) is 6.30. The van der Waals surface area contributed by atoms with Crippen LogP contribution in [0, 0.1) is 6.92 Å². The molecule has 1 unspecified atom stereocenters. The molecule has 1 atom stereocenters. The van der Waals surface area contributed by atoms with Gasteiger partial charge in [-0.05, 0) is 31.5 Å². The summed E-state index contributed by atoms with van der Waals surface area (Å²) >= 11 is 5.99. The van der Waals surface area contributed by atoms with E-state index >= 15 is 0 Å². The number of nitrogens with two attached hydrogens (primary N) is 1. The largest absolute Gasteiger partial charge is 0.506 e. The van der Waals surface area contributed by atoms with Crippen LogP contribution in [0.15, 0.2) is 41.3 Å². The summed E-state index contributed by atoms with van der Waals surface area (Å²) in [4.78, 5) is 12.6. The molecule has 0 saturated carbocycles. The molecular weight excluding hydrogens is 364 g/mol. The van der Waals surface area contributed by atoms with Crippen LogP contribution in [0.2, 0.25) is 5.02 Å². The Morgan fingerprint density at radius 2 is 1.88 bits per heavy atom. The predicted octanol–water partition coefficient (Wildman–Crippen LogP) is 3.13. The van der Waals surface area contributed by atoms with Crippen LogP contribution < -0.4 is 11.1 Å². The van der Waals surface area contributed by atoms with E-state index in [0.29, 0.717) is 0 Å². The third kappa shape index (κ3) is 4.05. The fourth-order valence-corrected chi connectivity index (χ4v) is 4.17. The van der Waals surface area contributed by atoms with Crippen LogP contribution in [-0.2, 0) is 14.6 Å². The van der Waals surface area contributed by atoms with Gasteiger partial charge in [0.25, 0.3) is 0 Å². The minimum Gasteiger partial charge on any atom is -0.506 e. The molecule has 2 aromatic rings. The molecule has 0 aliphatic carbocycles. The van der Waals surface area contributed by atoms with Gasteiger partial charge in [-0.2, -0.15) is 0 Å². The number of rotatable bonds is 5. The van der Waals surface area contributed by atoms with Gasteiger partial charge < -0.3 is 16.2 Å². The number of phenols is 1. The first-order chi connectivity index (χ1) is 11.7. The topological polar surface area (TPSA) is 109 Å². The van der Waals surface area contributed by atoms with Crippen molar-refractivity contribution in [3.05, 3.63) is 47.0 Å². The number of anilines is 2. The minimum atomic E-state index is -3.86. The van der Waals surface area contributed by atoms with E-state index in [9.17, 15) is 18.3 Å². The molecule has 0 spiro atoms. The first-order valence-electron chi connectivity index (χ1n) is 7.56. The number of hydrogen-bond acceptors (Lipinski definition) is 5. The molecule has 0 aromatic heterocycles. The number of phenolic OH excluding ortho intramolecular Hbond substituents is 1. The molecule has 0 aliphatic heterocycles. The maximum Gasteiger partial charge on any atom is 0.243 e. The van der Waals surface area contributed by atoms with E-state index in [1.807, 2.05) is 6.92 Å². The van der Waals surface area contributed by atoms with E-state index in [2.05, 4.69) is 5.32 Å². The first kappa shape index (κ1) is 19.1. The Balaban J connectivity index is 2.32. The summed E-state index contributed by atoms with van der Waals surface area (Å²) in [6, 6.07) is 8.76. The van der Waals surface area contributed by atoms with Gasteiger partial charge in [0.15, 0.2) is 9.84 Å². The standard InChI is InChI=1S/C17H19ClN2O4S/c1-3-16(25(23,24)11-6-4-10(2)5-7-11)17(22)20-14-9-15(21)13(19)8-12(14)18/h4-9,16,21H,3,19H2,1-2H3,(H,20,22). The lowest BCUT2D eigenvalue weighted by molar-refractivity contribution is -0.115. The number of aryl methyl sites for hydroxylation is 1. The van der Waals surface area contributed by atoms with E-state index in [-0.39, 0.29) is 33.5 Å². The van der Waals surface area contributed by atoms with Crippen molar-refractivity contribution in [2.45, 2.75) is 30.4 Å². The molecule has 8 heteroatoms. The zero-order valence-electron chi connectivity index (χ0n) is 13.8. The van der Waals surface area contributed by atoms with Gasteiger partial charge in [-0.3, -0.25) is 4.79 Å². The zero-order chi connectivity index (χ0) is 18.8. The molecular formula is C17H19ClN2O4S. The number of carbonyl (C=O) groups is 1. The number of benzene rings is 2. The summed E-state index contributed by atoms with van der Waals surface area (Å²) in [5, 5.41) is 10.9. The van der Waals surface area contributed by atoms with Crippen molar-refractivity contribution in [1.82, 2.24) is 0 Å². The summed E-state index contributed by atoms with van der Waals surface area (Å²) in [6.45, 7) is 3.45. The van der Waals surface area contributed by atoms with Crippen molar-refractivity contribution in [2.24, 2.45) is 0 Å². The first-order valence-corrected chi connectivity index (χ1v) is 9.48. The monoisotopic (exact) mass is 382 g/mol. The van der Waals surface area contributed by atoms with Crippen LogP contribution in [-0.4, -0.2) is 24.7 Å². The van der Waals surface area contributed by atoms with Crippen molar-refractivity contribution in [1.29, 1.82) is 0 Å². The molecule has 0 saturated heterocycles. The van der Waals surface area contributed by atoms with Crippen LogP contribution in [0.3, 0.4) is 0 Å². The number of hydrogen-bond donors (Lipinski definition) is 3. The molecule has 2 aromatic carbocycles. The SMILES string of the molecule is CCC(C(=O)Nc1cc(O)c(N)cc1Cl)S(=O)(=O)c1ccc(C)cc1. The second-order valence-corrected chi connectivity index (χ2v) is 8.17. The second-order valence-electron chi connectivity index (χ2n) is 5.64. The highest BCUT2D eigenvalue weighted by molar-refractivity contribution is 7.92. The number of aromatic hydroxyl groups is 1. The highest BCUT2D eigenvalue weighted by Gasteiger charge is 2.32. The Kier molecular flexibility index (Phi) is 5.59. The van der Waals surface area contributed by atoms with Crippen LogP contribution in [0.4, 0.5) is 11.4 Å². The Labute approximate surface area is 151 Å². The molecule has 0 fully saturated rings. The molecule has 6 nitrogen and oxygen atoms in total. The average molecular weight is 383 g/mol. The highest BCUT2D eigenvalue weighted by atomic mass is 35.5. The smallest absolute Gasteiger partial charge is 0.243 e. The number of halogens is 1. The summed E-state index contributed by atoms with van der Waals surface area (Å²) in [5.41, 5.74) is 6.59. The van der Waals surface area contributed by atoms with E-state index in [0.717, 1.165) is 5.56 Å². The molecule has 25 heavy (non-hydrogen) atoms. The molecule has 2 rings (SSSR count). The van der Waals surface area contributed by atoms with Gasteiger partial charge in [-0.1, -0.05) is 36.2 Å². The number of carbonyl (C=O) groups excluding carboxylic acids is 1. The van der Waals surface area contributed by atoms with Crippen LogP contribution in [0.5, 0.6) is 5.75 Å². The Hall–Kier alpha value is -2.25. The summed E-state index contributed by atoms with van der Waals surface area (Å²) in [6.07, 6.45) is 0.0839. The molecule has 0 aliphatic rings. The van der Waals surface area contributed by atoms with Gasteiger partial charge in [0.1, 0.15) is 11.0 Å². The van der Waals surface area contributed by atoms with Crippen molar-refractivity contribution in [3.8, 4) is 5.75 Å². The molecule has 0 radical (unpaired) electrons. The lowest BCUT2D eigenvalue weighted by Gasteiger charge is -2.17. The number of nitrogen functional groups attached to an aromatic ring is 1. The fourth-order valence-electron chi connectivity index (χ4n) is 2.32. The Morgan fingerprint density at radius 1 is 1.28 bits per heavy atom. The van der Waals surface area contributed by atoms with Crippen LogP contribution in [0.1, 0.15) is 18.9 Å². The van der Waals surface area contributed by atoms with E-state index in [1.165, 1.54) is 24.3 Å². The van der Waals surface area contributed by atoms with Gasteiger partial charge in [0.2, 0.25) is 5.91 Å². The molecule has 134 valence electrons. The summed E-state index contributed by atoms with van der Waals surface area (Å²) in [7, 11) is -3.86. The fraction of sp³-hybridized carbons (Fsp3) is 0.235. The van der Waals surface area contributed by atoms with Crippen LogP contribution >= 0.6 is 11.6 Å². The molecule has 1 amide bonds. The predicted molar refractivity (Wildman–Crippen MR) is 98.6 cm³/mol. The van der Waals surface area contributed by atoms with Crippen molar-refractivity contribution >= 4 is 38.7 Å². The quantitative estimate of drug-likeness (QED) is 0.543. The second kappa shape index (κ2) is 7.33. The lowest BCUT2D eigenvalue weighted by Crippen LogP contribution is -2.34. The minimum absolute atomic E-state index is 0.0577. The Bertz CT molecular complexity index is 896. The third-order valence-electron chi connectivity index (χ3n) is 3.76. The number of nitrogens with one attached hydrogen (secondary N) is 1. The normalized spacial score (nSPS) is 12.6. The van der Waals surface area contributed by atoms with Crippen molar-refractivity contribution in [3.63, 3.8) is 0 Å². The maximum atomic E-state index is 12.7. The van der Waals surface area contributed by atoms with Crippen molar-refractivity contribution < 1.29 is 18.3 Å². The summed E-state index contributed by atoms with van der Waals surface area (Å²) < 4.78 is 25.5.